The maximum absolute atomic E-state index is 12.5. The van der Waals surface area contributed by atoms with E-state index in [0.29, 0.717) is 18.0 Å². The number of methoxy groups -OCH3 is 1. The quantitative estimate of drug-likeness (QED) is 0.902. The molecule has 0 radical (unpaired) electrons. The fraction of sp³-hybridized carbons (Fsp3) is 0.571. The summed E-state index contributed by atoms with van der Waals surface area (Å²) in [5.74, 6) is 0. The van der Waals surface area contributed by atoms with Gasteiger partial charge in [-0.05, 0) is 44.0 Å². The van der Waals surface area contributed by atoms with Crippen molar-refractivity contribution in [3.63, 3.8) is 0 Å². The van der Waals surface area contributed by atoms with Crippen LogP contribution >= 0.6 is 0 Å². The number of benzene rings is 1. The second kappa shape index (κ2) is 6.56. The van der Waals surface area contributed by atoms with Gasteiger partial charge in [0.05, 0.1) is 11.0 Å². The van der Waals surface area contributed by atoms with E-state index in [9.17, 15) is 8.42 Å². The summed E-state index contributed by atoms with van der Waals surface area (Å²) in [6, 6.07) is 6.93. The molecule has 2 rings (SSSR count). The van der Waals surface area contributed by atoms with Gasteiger partial charge in [0.15, 0.2) is 0 Å². The highest BCUT2D eigenvalue weighted by molar-refractivity contribution is 7.89. The van der Waals surface area contributed by atoms with E-state index in [1.807, 2.05) is 6.92 Å². The zero-order chi connectivity index (χ0) is 14.6. The lowest BCUT2D eigenvalue weighted by Crippen LogP contribution is -2.40. The van der Waals surface area contributed by atoms with Gasteiger partial charge in [-0.1, -0.05) is 0 Å². The van der Waals surface area contributed by atoms with E-state index in [0.717, 1.165) is 25.1 Å². The Balaban J connectivity index is 2.10. The van der Waals surface area contributed by atoms with Crippen molar-refractivity contribution >= 4 is 15.7 Å². The number of nitrogens with one attached hydrogen (secondary N) is 1. The van der Waals surface area contributed by atoms with Gasteiger partial charge in [0, 0.05) is 32.4 Å². The van der Waals surface area contributed by atoms with E-state index in [4.69, 9.17) is 4.74 Å². The van der Waals surface area contributed by atoms with Crippen LogP contribution in [-0.4, -0.2) is 45.6 Å². The van der Waals surface area contributed by atoms with Crippen LogP contribution in [0.2, 0.25) is 0 Å². The van der Waals surface area contributed by atoms with Gasteiger partial charge in [0.2, 0.25) is 10.0 Å². The Morgan fingerprint density at radius 2 is 1.85 bits per heavy atom. The molecule has 1 aromatic rings. The summed E-state index contributed by atoms with van der Waals surface area (Å²) < 4.78 is 31.8. The lowest BCUT2D eigenvalue weighted by atomic mass is 10.1. The number of piperidine rings is 1. The topological polar surface area (TPSA) is 58.6 Å². The van der Waals surface area contributed by atoms with Crippen LogP contribution < -0.4 is 5.32 Å². The predicted molar refractivity (Wildman–Crippen MR) is 79.4 cm³/mol. The fourth-order valence-electron chi connectivity index (χ4n) is 2.41. The van der Waals surface area contributed by atoms with Crippen molar-refractivity contribution in [2.45, 2.75) is 30.8 Å². The van der Waals surface area contributed by atoms with Gasteiger partial charge < -0.3 is 10.1 Å². The summed E-state index contributed by atoms with van der Waals surface area (Å²) >= 11 is 0. The van der Waals surface area contributed by atoms with Crippen LogP contribution in [-0.2, 0) is 14.8 Å². The summed E-state index contributed by atoms with van der Waals surface area (Å²) in [4.78, 5) is 0.356. The molecule has 0 bridgehead atoms. The van der Waals surface area contributed by atoms with Gasteiger partial charge in [-0.2, -0.15) is 4.31 Å². The third kappa shape index (κ3) is 3.31. The Bertz CT molecular complexity index is 520. The van der Waals surface area contributed by atoms with Crippen molar-refractivity contribution < 1.29 is 13.2 Å². The molecule has 0 aliphatic carbocycles. The first kappa shape index (κ1) is 15.3. The number of nitrogens with zero attached hydrogens (tertiary/aromatic N) is 1. The highest BCUT2D eigenvalue weighted by Crippen LogP contribution is 2.22. The number of ether oxygens (including phenoxy) is 1. The Hall–Kier alpha value is -1.11. The first-order valence-electron chi connectivity index (χ1n) is 6.94. The molecule has 1 saturated heterocycles. The Morgan fingerprint density at radius 1 is 1.25 bits per heavy atom. The normalized spacial score (nSPS) is 18.1. The van der Waals surface area contributed by atoms with Gasteiger partial charge >= 0.3 is 0 Å². The zero-order valence-electron chi connectivity index (χ0n) is 12.0. The molecular weight excluding hydrogens is 276 g/mol. The molecule has 0 aromatic heterocycles. The average Bonchev–Trinajstić information content (AvgIpc) is 2.48. The molecule has 1 aliphatic rings. The number of anilines is 1. The number of hydrogen-bond donors (Lipinski definition) is 1. The van der Waals surface area contributed by atoms with Crippen molar-refractivity contribution in [1.82, 2.24) is 4.31 Å². The van der Waals surface area contributed by atoms with E-state index in [-0.39, 0.29) is 6.10 Å². The molecule has 5 nitrogen and oxygen atoms in total. The third-order valence-corrected chi connectivity index (χ3v) is 5.52. The zero-order valence-corrected chi connectivity index (χ0v) is 12.8. The minimum absolute atomic E-state index is 0.178. The van der Waals surface area contributed by atoms with Gasteiger partial charge in [-0.25, -0.2) is 8.42 Å². The van der Waals surface area contributed by atoms with Crippen LogP contribution in [0.4, 0.5) is 5.69 Å². The van der Waals surface area contributed by atoms with Crippen LogP contribution in [0.3, 0.4) is 0 Å². The second-order valence-electron chi connectivity index (χ2n) is 4.89. The first-order valence-corrected chi connectivity index (χ1v) is 8.39. The minimum atomic E-state index is -3.38. The molecule has 1 fully saturated rings. The van der Waals surface area contributed by atoms with Crippen molar-refractivity contribution in [2.24, 2.45) is 0 Å². The molecule has 0 atom stereocenters. The molecule has 1 heterocycles. The summed E-state index contributed by atoms with van der Waals surface area (Å²) in [6.07, 6.45) is 1.69. The van der Waals surface area contributed by atoms with Gasteiger partial charge in [-0.3, -0.25) is 0 Å². The third-order valence-electron chi connectivity index (χ3n) is 3.61. The Labute approximate surface area is 121 Å². The van der Waals surface area contributed by atoms with Crippen LogP contribution in [0.25, 0.3) is 0 Å². The number of sulfonamides is 1. The molecule has 0 saturated carbocycles. The molecular formula is C14H22N2O3S. The van der Waals surface area contributed by atoms with Crippen LogP contribution in [0.5, 0.6) is 0 Å². The smallest absolute Gasteiger partial charge is 0.243 e. The highest BCUT2D eigenvalue weighted by atomic mass is 32.2. The molecule has 1 aliphatic heterocycles. The number of rotatable bonds is 5. The summed E-state index contributed by atoms with van der Waals surface area (Å²) in [7, 11) is -1.70. The molecule has 1 aromatic carbocycles. The fourth-order valence-corrected chi connectivity index (χ4v) is 3.88. The predicted octanol–water partition coefficient (Wildman–Crippen LogP) is 1.92. The summed E-state index contributed by atoms with van der Waals surface area (Å²) in [5.41, 5.74) is 0.935. The van der Waals surface area contributed by atoms with E-state index in [1.165, 1.54) is 0 Å². The van der Waals surface area contributed by atoms with E-state index in [2.05, 4.69) is 5.32 Å². The van der Waals surface area contributed by atoms with Gasteiger partial charge in [0.25, 0.3) is 0 Å². The van der Waals surface area contributed by atoms with Crippen molar-refractivity contribution in [3.8, 4) is 0 Å². The summed E-state index contributed by atoms with van der Waals surface area (Å²) in [5, 5.41) is 3.15. The molecule has 0 amide bonds. The lowest BCUT2D eigenvalue weighted by Gasteiger charge is -2.30. The molecule has 6 heteroatoms. The molecule has 112 valence electrons. The molecule has 20 heavy (non-hydrogen) atoms. The van der Waals surface area contributed by atoms with E-state index < -0.39 is 10.0 Å². The van der Waals surface area contributed by atoms with Gasteiger partial charge in [0.1, 0.15) is 0 Å². The van der Waals surface area contributed by atoms with Crippen LogP contribution in [0.15, 0.2) is 29.2 Å². The van der Waals surface area contributed by atoms with E-state index in [1.54, 1.807) is 35.7 Å². The SMILES string of the molecule is CCNc1ccc(S(=O)(=O)N2CCC(OC)CC2)cc1. The maximum atomic E-state index is 12.5. The minimum Gasteiger partial charge on any atom is -0.385 e. The lowest BCUT2D eigenvalue weighted by molar-refractivity contribution is 0.0604. The number of hydrogen-bond acceptors (Lipinski definition) is 4. The van der Waals surface area contributed by atoms with Crippen LogP contribution in [0, 0.1) is 0 Å². The Morgan fingerprint density at radius 3 is 2.35 bits per heavy atom. The van der Waals surface area contributed by atoms with Crippen molar-refractivity contribution in [2.75, 3.05) is 32.1 Å². The van der Waals surface area contributed by atoms with Crippen molar-refractivity contribution in [1.29, 1.82) is 0 Å². The average molecular weight is 298 g/mol. The summed E-state index contributed by atoms with van der Waals surface area (Å²) in [6.45, 7) is 3.87. The second-order valence-corrected chi connectivity index (χ2v) is 6.83. The monoisotopic (exact) mass is 298 g/mol. The highest BCUT2D eigenvalue weighted by Gasteiger charge is 2.29. The maximum Gasteiger partial charge on any atom is 0.243 e. The van der Waals surface area contributed by atoms with Crippen molar-refractivity contribution in [3.05, 3.63) is 24.3 Å². The first-order chi connectivity index (χ1) is 9.57. The van der Waals surface area contributed by atoms with Crippen LogP contribution in [0.1, 0.15) is 19.8 Å². The standard InChI is InChI=1S/C14H22N2O3S/c1-3-15-12-4-6-14(7-5-12)20(17,18)16-10-8-13(19-2)9-11-16/h4-7,13,15H,3,8-11H2,1-2H3. The van der Waals surface area contributed by atoms with E-state index >= 15 is 0 Å². The molecule has 0 spiro atoms. The van der Waals surface area contributed by atoms with Gasteiger partial charge in [-0.15, -0.1) is 0 Å². The largest absolute Gasteiger partial charge is 0.385 e. The molecule has 1 N–H and O–H groups in total. The Kier molecular flexibility index (Phi) is 5.01. The molecule has 0 unspecified atom stereocenters.